The molecule has 2 amide bonds. The first-order valence-electron chi connectivity index (χ1n) is 9.68. The molecular weight excluding hydrogens is 356 g/mol. The molecule has 146 valence electrons. The number of rotatable bonds is 3. The Morgan fingerprint density at radius 3 is 2.89 bits per heavy atom. The molecule has 2 atom stereocenters. The van der Waals surface area contributed by atoms with Crippen molar-refractivity contribution in [3.05, 3.63) is 41.9 Å². The summed E-state index contributed by atoms with van der Waals surface area (Å²) in [6.07, 6.45) is 8.96. The number of carbonyl (C=O) groups excluding carboxylic acids is 2. The van der Waals surface area contributed by atoms with Crippen LogP contribution in [0.25, 0.3) is 0 Å². The van der Waals surface area contributed by atoms with Gasteiger partial charge in [-0.3, -0.25) is 19.5 Å². The van der Waals surface area contributed by atoms with E-state index in [1.54, 1.807) is 36.5 Å². The molecule has 1 aliphatic carbocycles. The van der Waals surface area contributed by atoms with Crippen molar-refractivity contribution in [1.29, 1.82) is 0 Å². The minimum Gasteiger partial charge on any atom is -0.348 e. The highest BCUT2D eigenvalue weighted by Crippen LogP contribution is 2.45. The first kappa shape index (κ1) is 18.5. The van der Waals surface area contributed by atoms with E-state index in [2.05, 4.69) is 25.3 Å². The number of carbonyl (C=O) groups is 2. The maximum absolute atomic E-state index is 13.3. The number of hydrogen-bond donors (Lipinski definition) is 1. The van der Waals surface area contributed by atoms with Crippen LogP contribution in [0.2, 0.25) is 0 Å². The Morgan fingerprint density at radius 2 is 2.11 bits per heavy atom. The number of anilines is 1. The van der Waals surface area contributed by atoms with Crippen molar-refractivity contribution in [1.82, 2.24) is 25.3 Å². The van der Waals surface area contributed by atoms with Gasteiger partial charge in [0.1, 0.15) is 11.5 Å². The molecule has 8 nitrogen and oxygen atoms in total. The molecule has 8 heteroatoms. The Bertz CT molecular complexity index is 917. The van der Waals surface area contributed by atoms with Crippen LogP contribution in [-0.4, -0.2) is 44.3 Å². The van der Waals surface area contributed by atoms with Crippen molar-refractivity contribution in [2.75, 3.05) is 11.4 Å². The zero-order valence-electron chi connectivity index (χ0n) is 16.2. The van der Waals surface area contributed by atoms with Crippen LogP contribution in [0.3, 0.4) is 0 Å². The molecule has 1 aliphatic heterocycles. The van der Waals surface area contributed by atoms with E-state index in [1.165, 1.54) is 0 Å². The summed E-state index contributed by atoms with van der Waals surface area (Å²) < 4.78 is 0. The molecule has 4 rings (SSSR count). The average molecular weight is 380 g/mol. The van der Waals surface area contributed by atoms with E-state index >= 15 is 0 Å². The lowest BCUT2D eigenvalue weighted by Crippen LogP contribution is -2.46. The van der Waals surface area contributed by atoms with Crippen molar-refractivity contribution in [2.24, 2.45) is 5.41 Å². The second kappa shape index (κ2) is 7.26. The molecule has 28 heavy (non-hydrogen) atoms. The Kier molecular flexibility index (Phi) is 4.78. The maximum Gasteiger partial charge on any atom is 0.270 e. The highest BCUT2D eigenvalue weighted by molar-refractivity contribution is 5.99. The van der Waals surface area contributed by atoms with Gasteiger partial charge in [0.25, 0.3) is 5.91 Å². The lowest BCUT2D eigenvalue weighted by molar-refractivity contribution is -0.127. The van der Waals surface area contributed by atoms with Crippen molar-refractivity contribution < 1.29 is 9.59 Å². The summed E-state index contributed by atoms with van der Waals surface area (Å²) in [6.45, 7) is 4.27. The van der Waals surface area contributed by atoms with Crippen molar-refractivity contribution in [3.8, 4) is 0 Å². The first-order valence-corrected chi connectivity index (χ1v) is 9.68. The van der Waals surface area contributed by atoms with Crippen LogP contribution >= 0.6 is 0 Å². The van der Waals surface area contributed by atoms with Gasteiger partial charge in [-0.25, -0.2) is 15.0 Å². The Labute approximate surface area is 163 Å². The highest BCUT2D eigenvalue weighted by Gasteiger charge is 2.50. The summed E-state index contributed by atoms with van der Waals surface area (Å²) in [4.78, 5) is 44.4. The second-order valence-corrected chi connectivity index (χ2v) is 7.76. The van der Waals surface area contributed by atoms with E-state index in [0.29, 0.717) is 30.3 Å². The largest absolute Gasteiger partial charge is 0.348 e. The fourth-order valence-corrected chi connectivity index (χ4v) is 4.37. The Balaban J connectivity index is 1.47. The van der Waals surface area contributed by atoms with Gasteiger partial charge in [-0.2, -0.15) is 0 Å². The minimum absolute atomic E-state index is 0.0379. The second-order valence-electron chi connectivity index (χ2n) is 7.76. The summed E-state index contributed by atoms with van der Waals surface area (Å²) in [6, 6.07) is 1.57. The van der Waals surface area contributed by atoms with Gasteiger partial charge in [-0.1, -0.05) is 6.42 Å². The zero-order valence-corrected chi connectivity index (χ0v) is 16.2. The fourth-order valence-electron chi connectivity index (χ4n) is 4.37. The predicted octanol–water partition coefficient (Wildman–Crippen LogP) is 1.98. The molecule has 0 bridgehead atoms. The predicted molar refractivity (Wildman–Crippen MR) is 103 cm³/mol. The van der Waals surface area contributed by atoms with E-state index in [9.17, 15) is 9.59 Å². The third kappa shape index (κ3) is 3.46. The van der Waals surface area contributed by atoms with E-state index in [-0.39, 0.29) is 17.9 Å². The number of nitrogens with one attached hydrogen (secondary N) is 1. The van der Waals surface area contributed by atoms with E-state index in [4.69, 9.17) is 0 Å². The Morgan fingerprint density at radius 1 is 1.25 bits per heavy atom. The Hall–Kier alpha value is -2.90. The van der Waals surface area contributed by atoms with Gasteiger partial charge in [0, 0.05) is 25.0 Å². The lowest BCUT2D eigenvalue weighted by Gasteiger charge is -2.36. The molecule has 2 aromatic rings. The van der Waals surface area contributed by atoms with Crippen LogP contribution in [0, 0.1) is 19.3 Å². The summed E-state index contributed by atoms with van der Waals surface area (Å²) in [5, 5.41) is 3.07. The molecule has 2 fully saturated rings. The standard InChI is InChI=1S/C20H24N6O2/c1-13-11-21-12-17(23-13)26-9-7-20(19(26)28)6-3-4-15(10-20)25-18(27)16-5-8-22-14(2)24-16/h5,8,11-12,15H,3-4,6-7,9-10H2,1-2H3,(H,25,27)/t15-,20+/m1/s1. The highest BCUT2D eigenvalue weighted by atomic mass is 16.2. The van der Waals surface area contributed by atoms with Crippen LogP contribution in [0.15, 0.2) is 24.7 Å². The summed E-state index contributed by atoms with van der Waals surface area (Å²) >= 11 is 0. The van der Waals surface area contributed by atoms with Crippen molar-refractivity contribution in [2.45, 2.75) is 52.0 Å². The minimum atomic E-state index is -0.427. The van der Waals surface area contributed by atoms with Crippen molar-refractivity contribution >= 4 is 17.6 Å². The van der Waals surface area contributed by atoms with Gasteiger partial charge in [-0.15, -0.1) is 0 Å². The van der Waals surface area contributed by atoms with Gasteiger partial charge in [0.15, 0.2) is 5.82 Å². The van der Waals surface area contributed by atoms with Gasteiger partial charge in [0.2, 0.25) is 5.91 Å². The van der Waals surface area contributed by atoms with Crippen LogP contribution in [0.4, 0.5) is 5.82 Å². The lowest BCUT2D eigenvalue weighted by atomic mass is 9.71. The molecule has 0 radical (unpaired) electrons. The molecule has 2 aliphatic rings. The zero-order chi connectivity index (χ0) is 19.7. The van der Waals surface area contributed by atoms with E-state index in [0.717, 1.165) is 31.4 Å². The number of amides is 2. The normalized spacial score (nSPS) is 24.6. The first-order chi connectivity index (χ1) is 13.5. The SMILES string of the molecule is Cc1cncc(N2CC[C@]3(CCC[C@@H](NC(=O)c4ccnc(C)n4)C3)C2=O)n1. The number of nitrogens with zero attached hydrogens (tertiary/aromatic N) is 5. The number of aromatic nitrogens is 4. The van der Waals surface area contributed by atoms with Crippen molar-refractivity contribution in [3.63, 3.8) is 0 Å². The fraction of sp³-hybridized carbons (Fsp3) is 0.500. The monoisotopic (exact) mass is 380 g/mol. The van der Waals surface area contributed by atoms with Gasteiger partial charge in [0.05, 0.1) is 17.3 Å². The van der Waals surface area contributed by atoms with Gasteiger partial charge in [-0.05, 0) is 45.6 Å². The summed E-state index contributed by atoms with van der Waals surface area (Å²) in [7, 11) is 0. The molecule has 1 spiro atoms. The molecule has 0 aromatic carbocycles. The number of hydrogen-bond acceptors (Lipinski definition) is 6. The number of aryl methyl sites for hydroxylation is 2. The molecule has 1 N–H and O–H groups in total. The maximum atomic E-state index is 13.3. The van der Waals surface area contributed by atoms with Gasteiger partial charge >= 0.3 is 0 Å². The third-order valence-corrected chi connectivity index (χ3v) is 5.72. The molecule has 3 heterocycles. The van der Waals surface area contributed by atoms with Crippen LogP contribution in [-0.2, 0) is 4.79 Å². The average Bonchev–Trinajstić information content (AvgIpc) is 2.97. The summed E-state index contributed by atoms with van der Waals surface area (Å²) in [5.74, 6) is 1.07. The molecular formula is C20H24N6O2. The van der Waals surface area contributed by atoms with Crippen LogP contribution < -0.4 is 10.2 Å². The molecule has 1 saturated heterocycles. The topological polar surface area (TPSA) is 101 Å². The van der Waals surface area contributed by atoms with Crippen LogP contribution in [0.5, 0.6) is 0 Å². The van der Waals surface area contributed by atoms with E-state index < -0.39 is 5.41 Å². The smallest absolute Gasteiger partial charge is 0.270 e. The van der Waals surface area contributed by atoms with Crippen LogP contribution in [0.1, 0.15) is 54.1 Å². The molecule has 1 saturated carbocycles. The van der Waals surface area contributed by atoms with Gasteiger partial charge < -0.3 is 5.32 Å². The molecule has 0 unspecified atom stereocenters. The van der Waals surface area contributed by atoms with E-state index in [1.807, 2.05) is 6.92 Å². The summed E-state index contributed by atoms with van der Waals surface area (Å²) in [5.41, 5.74) is 0.727. The quantitative estimate of drug-likeness (QED) is 0.874. The third-order valence-electron chi connectivity index (χ3n) is 5.72. The molecule has 2 aromatic heterocycles.